The standard InChI is InChI=1S/C35H45N3O4/c1-23(2)33(39)41-30-14-9-13-29-32(30)37-31(36-29)15-10-19-38(5)20-18-35(42-34(40)24(3)4)22-26-16-17-27(35)21-28(26)25-11-7-6-8-12-25/h6-9,11-14,21,23-24,26-27H,10,15-20,22H2,1-5H3,(H,36,37). The third-order valence-electron chi connectivity index (χ3n) is 8.87. The predicted molar refractivity (Wildman–Crippen MR) is 166 cm³/mol. The van der Waals surface area contributed by atoms with E-state index in [1.54, 1.807) is 6.07 Å². The zero-order valence-electron chi connectivity index (χ0n) is 25.7. The van der Waals surface area contributed by atoms with Gasteiger partial charge in [0.2, 0.25) is 0 Å². The Morgan fingerprint density at radius 3 is 2.45 bits per heavy atom. The quantitative estimate of drug-likeness (QED) is 0.189. The Morgan fingerprint density at radius 2 is 1.76 bits per heavy atom. The summed E-state index contributed by atoms with van der Waals surface area (Å²) in [4.78, 5) is 35.5. The van der Waals surface area contributed by atoms with Gasteiger partial charge in [-0.1, -0.05) is 70.2 Å². The number of ether oxygens (including phenoxy) is 2. The Balaban J connectivity index is 1.21. The summed E-state index contributed by atoms with van der Waals surface area (Å²) in [5, 5.41) is 0. The van der Waals surface area contributed by atoms with Gasteiger partial charge in [0.25, 0.3) is 0 Å². The number of fused-ring (bicyclic) bond motifs is 3. The average Bonchev–Trinajstić information content (AvgIpc) is 3.40. The predicted octanol–water partition coefficient (Wildman–Crippen LogP) is 6.83. The van der Waals surface area contributed by atoms with Crippen molar-refractivity contribution in [3.05, 3.63) is 66.0 Å². The number of aromatic nitrogens is 2. The molecule has 2 aromatic carbocycles. The van der Waals surface area contributed by atoms with Gasteiger partial charge in [-0.15, -0.1) is 0 Å². The SMILES string of the molecule is CC(C)C(=O)Oc1cccc2[nH]c(CCCN(C)CCC3(OC(=O)C(C)C)CC4CCC3C=C4c3ccccc3)nc12. The molecule has 7 heteroatoms. The van der Waals surface area contributed by atoms with Gasteiger partial charge in [0.05, 0.1) is 17.4 Å². The molecule has 42 heavy (non-hydrogen) atoms. The van der Waals surface area contributed by atoms with Crippen LogP contribution in [0.1, 0.15) is 71.2 Å². The van der Waals surface area contributed by atoms with Crippen LogP contribution in [0.15, 0.2) is 54.6 Å². The highest BCUT2D eigenvalue weighted by Gasteiger charge is 2.50. The number of aromatic amines is 1. The van der Waals surface area contributed by atoms with Crippen LogP contribution in [0.4, 0.5) is 0 Å². The number of H-pyrrole nitrogens is 1. The monoisotopic (exact) mass is 571 g/mol. The zero-order chi connectivity index (χ0) is 29.9. The van der Waals surface area contributed by atoms with Crippen molar-refractivity contribution >= 4 is 28.5 Å². The van der Waals surface area contributed by atoms with E-state index >= 15 is 0 Å². The Bertz CT molecular complexity index is 1430. The summed E-state index contributed by atoms with van der Waals surface area (Å²) in [5.74, 6) is 1.34. The molecule has 1 fully saturated rings. The lowest BCUT2D eigenvalue weighted by molar-refractivity contribution is -0.176. The van der Waals surface area contributed by atoms with E-state index in [2.05, 4.69) is 53.3 Å². The topological polar surface area (TPSA) is 84.5 Å². The number of carbonyl (C=O) groups is 2. The molecule has 3 aliphatic carbocycles. The van der Waals surface area contributed by atoms with Crippen molar-refractivity contribution in [2.75, 3.05) is 20.1 Å². The Hall–Kier alpha value is -3.45. The molecule has 1 aromatic heterocycles. The molecule has 3 atom stereocenters. The van der Waals surface area contributed by atoms with E-state index in [1.165, 1.54) is 11.1 Å². The largest absolute Gasteiger partial charge is 0.458 e. The minimum Gasteiger partial charge on any atom is -0.458 e. The van der Waals surface area contributed by atoms with E-state index in [0.717, 1.165) is 63.0 Å². The summed E-state index contributed by atoms with van der Waals surface area (Å²) in [6, 6.07) is 16.3. The van der Waals surface area contributed by atoms with Crippen LogP contribution in [-0.4, -0.2) is 52.5 Å². The Morgan fingerprint density at radius 1 is 1.00 bits per heavy atom. The first-order chi connectivity index (χ1) is 20.1. The Kier molecular flexibility index (Phi) is 9.16. The number of allylic oxidation sites excluding steroid dienone is 1. The molecule has 1 N–H and O–H groups in total. The van der Waals surface area contributed by atoms with Crippen LogP contribution in [0, 0.1) is 23.7 Å². The van der Waals surface area contributed by atoms with Crippen LogP contribution in [-0.2, 0) is 20.7 Å². The lowest BCUT2D eigenvalue weighted by Gasteiger charge is -2.50. The zero-order valence-corrected chi connectivity index (χ0v) is 25.7. The molecule has 0 aliphatic heterocycles. The highest BCUT2D eigenvalue weighted by atomic mass is 16.6. The second-order valence-corrected chi connectivity index (χ2v) is 12.8. The number of benzene rings is 2. The first kappa shape index (κ1) is 30.0. The molecule has 3 unspecified atom stereocenters. The van der Waals surface area contributed by atoms with Gasteiger partial charge in [0.15, 0.2) is 5.75 Å². The van der Waals surface area contributed by atoms with Gasteiger partial charge in [0.1, 0.15) is 16.9 Å². The smallest absolute Gasteiger partial charge is 0.313 e. The highest BCUT2D eigenvalue weighted by Crippen LogP contribution is 2.53. The minimum atomic E-state index is -0.445. The van der Waals surface area contributed by atoms with Crippen LogP contribution >= 0.6 is 0 Å². The number of esters is 2. The van der Waals surface area contributed by atoms with Gasteiger partial charge in [0, 0.05) is 25.3 Å². The molecule has 1 heterocycles. The van der Waals surface area contributed by atoms with Gasteiger partial charge in [-0.3, -0.25) is 9.59 Å². The van der Waals surface area contributed by atoms with Crippen LogP contribution in [0.2, 0.25) is 0 Å². The van der Waals surface area contributed by atoms with Gasteiger partial charge in [-0.25, -0.2) is 4.98 Å². The maximum absolute atomic E-state index is 12.9. The highest BCUT2D eigenvalue weighted by molar-refractivity contribution is 5.85. The van der Waals surface area contributed by atoms with Crippen LogP contribution < -0.4 is 4.74 Å². The molecule has 0 amide bonds. The number of hydrogen-bond acceptors (Lipinski definition) is 6. The van der Waals surface area contributed by atoms with Crippen LogP contribution in [0.3, 0.4) is 0 Å². The maximum Gasteiger partial charge on any atom is 0.313 e. The number of aryl methyl sites for hydroxylation is 1. The summed E-state index contributed by atoms with van der Waals surface area (Å²) >= 11 is 0. The number of carbonyl (C=O) groups excluding carboxylic acids is 2. The van der Waals surface area contributed by atoms with E-state index in [4.69, 9.17) is 14.5 Å². The second kappa shape index (κ2) is 12.8. The van der Waals surface area contributed by atoms with E-state index in [9.17, 15) is 9.59 Å². The van der Waals surface area contributed by atoms with Crippen molar-refractivity contribution in [3.8, 4) is 5.75 Å². The summed E-state index contributed by atoms with van der Waals surface area (Å²) in [5.41, 5.74) is 3.84. The van der Waals surface area contributed by atoms with E-state index < -0.39 is 5.60 Å². The number of para-hydroxylation sites is 1. The second-order valence-electron chi connectivity index (χ2n) is 12.8. The van der Waals surface area contributed by atoms with Crippen molar-refractivity contribution in [2.45, 2.75) is 71.8 Å². The fraction of sp³-hybridized carbons (Fsp3) is 0.514. The number of rotatable bonds is 12. The lowest BCUT2D eigenvalue weighted by Crippen LogP contribution is -2.51. The van der Waals surface area contributed by atoms with Crippen molar-refractivity contribution < 1.29 is 19.1 Å². The Labute approximate surface area is 249 Å². The molecule has 3 aromatic rings. The van der Waals surface area contributed by atoms with Gasteiger partial charge < -0.3 is 19.4 Å². The molecule has 3 aliphatic rings. The molecule has 7 nitrogen and oxygen atoms in total. The van der Waals surface area contributed by atoms with Gasteiger partial charge >= 0.3 is 11.9 Å². The third-order valence-corrected chi connectivity index (χ3v) is 8.87. The molecular weight excluding hydrogens is 526 g/mol. The van der Waals surface area contributed by atoms with Gasteiger partial charge in [-0.05, 0) is 68.5 Å². The molecular formula is C35H45N3O4. The lowest BCUT2D eigenvalue weighted by atomic mass is 9.60. The number of nitrogens with zero attached hydrogens (tertiary/aromatic N) is 2. The molecule has 0 radical (unpaired) electrons. The number of hydrogen-bond donors (Lipinski definition) is 1. The van der Waals surface area contributed by atoms with Gasteiger partial charge in [-0.2, -0.15) is 0 Å². The summed E-state index contributed by atoms with van der Waals surface area (Å²) < 4.78 is 12.0. The molecule has 1 saturated carbocycles. The van der Waals surface area contributed by atoms with Crippen LogP contribution in [0.25, 0.3) is 16.6 Å². The molecule has 6 rings (SSSR count). The normalized spacial score (nSPS) is 21.8. The summed E-state index contributed by atoms with van der Waals surface area (Å²) in [7, 11) is 2.15. The van der Waals surface area contributed by atoms with E-state index in [-0.39, 0.29) is 29.7 Å². The minimum absolute atomic E-state index is 0.0943. The van der Waals surface area contributed by atoms with Crippen molar-refractivity contribution in [1.82, 2.24) is 14.9 Å². The first-order valence-corrected chi connectivity index (χ1v) is 15.5. The fourth-order valence-electron chi connectivity index (χ4n) is 6.40. The molecule has 0 spiro atoms. The summed E-state index contributed by atoms with van der Waals surface area (Å²) in [6.07, 6.45) is 8.08. The molecule has 2 bridgehead atoms. The average molecular weight is 572 g/mol. The summed E-state index contributed by atoms with van der Waals surface area (Å²) in [6.45, 7) is 9.25. The van der Waals surface area contributed by atoms with Crippen LogP contribution in [0.5, 0.6) is 5.75 Å². The van der Waals surface area contributed by atoms with Crippen molar-refractivity contribution in [1.29, 1.82) is 0 Å². The first-order valence-electron chi connectivity index (χ1n) is 15.5. The number of imidazole rings is 1. The van der Waals surface area contributed by atoms with Crippen molar-refractivity contribution in [3.63, 3.8) is 0 Å². The van der Waals surface area contributed by atoms with E-state index in [1.807, 2.05) is 39.8 Å². The van der Waals surface area contributed by atoms with E-state index in [0.29, 0.717) is 17.2 Å². The number of nitrogens with one attached hydrogen (secondary N) is 1. The third kappa shape index (κ3) is 6.62. The maximum atomic E-state index is 12.9. The van der Waals surface area contributed by atoms with Crippen molar-refractivity contribution in [2.24, 2.45) is 23.7 Å². The molecule has 0 saturated heterocycles. The molecule has 224 valence electrons. The fourth-order valence-corrected chi connectivity index (χ4v) is 6.40.